The highest BCUT2D eigenvalue weighted by Gasteiger charge is 2.08. The molecule has 0 aliphatic carbocycles. The third kappa shape index (κ3) is 2.55. The number of aryl methyl sites for hydroxylation is 2. The molecule has 0 atom stereocenters. The average Bonchev–Trinajstić information content (AvgIpc) is 2.60. The molecule has 17 heavy (non-hydrogen) atoms. The zero-order chi connectivity index (χ0) is 12.4. The molecule has 90 valence electrons. The summed E-state index contributed by atoms with van der Waals surface area (Å²) in [6.07, 6.45) is 3.61. The summed E-state index contributed by atoms with van der Waals surface area (Å²) in [5.74, 6) is 1.28. The Balaban J connectivity index is 2.32. The van der Waals surface area contributed by atoms with Gasteiger partial charge in [0.2, 0.25) is 5.95 Å². The van der Waals surface area contributed by atoms with Crippen molar-refractivity contribution in [3.63, 3.8) is 0 Å². The van der Waals surface area contributed by atoms with E-state index in [0.717, 1.165) is 15.9 Å². The van der Waals surface area contributed by atoms with Crippen molar-refractivity contribution < 1.29 is 0 Å². The molecule has 0 amide bonds. The monoisotopic (exact) mass is 296 g/mol. The van der Waals surface area contributed by atoms with Gasteiger partial charge in [-0.25, -0.2) is 4.98 Å². The normalized spacial score (nSPS) is 10.4. The highest BCUT2D eigenvalue weighted by atomic mass is 79.9. The molecule has 0 saturated heterocycles. The second-order valence-corrected chi connectivity index (χ2v) is 4.42. The van der Waals surface area contributed by atoms with E-state index in [0.29, 0.717) is 11.8 Å². The largest absolute Gasteiger partial charge is 0.357 e. The lowest BCUT2D eigenvalue weighted by Crippen LogP contribution is -2.01. The Hall–Kier alpha value is -1.63. The van der Waals surface area contributed by atoms with E-state index >= 15 is 0 Å². The first-order valence-corrected chi connectivity index (χ1v) is 5.87. The van der Waals surface area contributed by atoms with Crippen molar-refractivity contribution in [1.29, 1.82) is 0 Å². The van der Waals surface area contributed by atoms with E-state index in [9.17, 15) is 0 Å². The molecule has 2 rings (SSSR count). The number of rotatable bonds is 3. The van der Waals surface area contributed by atoms with Crippen LogP contribution >= 0.6 is 15.9 Å². The number of hydrogen-bond donors (Lipinski definition) is 2. The van der Waals surface area contributed by atoms with E-state index in [-0.39, 0.29) is 0 Å². The van der Waals surface area contributed by atoms with Gasteiger partial charge < -0.3 is 10.6 Å². The van der Waals surface area contributed by atoms with E-state index in [4.69, 9.17) is 0 Å². The molecule has 0 spiro atoms. The highest BCUT2D eigenvalue weighted by Crippen LogP contribution is 2.25. The molecule has 2 aromatic rings. The van der Waals surface area contributed by atoms with Gasteiger partial charge in [0.1, 0.15) is 5.82 Å². The minimum Gasteiger partial charge on any atom is -0.357 e. The number of aromatic nitrogens is 4. The summed E-state index contributed by atoms with van der Waals surface area (Å²) in [5.41, 5.74) is 1.85. The molecule has 0 unspecified atom stereocenters. The van der Waals surface area contributed by atoms with Crippen LogP contribution in [0.3, 0.4) is 0 Å². The lowest BCUT2D eigenvalue weighted by Gasteiger charge is -2.07. The molecule has 0 aliphatic rings. The van der Waals surface area contributed by atoms with Crippen molar-refractivity contribution in [3.8, 4) is 0 Å². The third-order valence-electron chi connectivity index (χ3n) is 2.23. The molecule has 2 heterocycles. The maximum Gasteiger partial charge on any atom is 0.224 e. The van der Waals surface area contributed by atoms with Gasteiger partial charge in [-0.05, 0) is 22.9 Å². The Morgan fingerprint density at radius 3 is 2.76 bits per heavy atom. The Labute approximate surface area is 108 Å². The molecular formula is C10H13BrN6. The molecule has 0 bridgehead atoms. The van der Waals surface area contributed by atoms with Crippen LogP contribution in [-0.4, -0.2) is 26.8 Å². The Morgan fingerprint density at radius 2 is 2.18 bits per heavy atom. The van der Waals surface area contributed by atoms with Crippen molar-refractivity contribution in [2.45, 2.75) is 6.92 Å². The summed E-state index contributed by atoms with van der Waals surface area (Å²) in [6, 6.07) is 0. The average molecular weight is 297 g/mol. The van der Waals surface area contributed by atoms with Crippen molar-refractivity contribution >= 4 is 33.4 Å². The van der Waals surface area contributed by atoms with Gasteiger partial charge in [0.15, 0.2) is 0 Å². The number of nitrogens with zero attached hydrogens (tertiary/aromatic N) is 4. The van der Waals surface area contributed by atoms with Crippen LogP contribution in [0.1, 0.15) is 5.69 Å². The van der Waals surface area contributed by atoms with Crippen LogP contribution < -0.4 is 10.6 Å². The van der Waals surface area contributed by atoms with Crippen molar-refractivity contribution in [1.82, 2.24) is 19.7 Å². The van der Waals surface area contributed by atoms with E-state index in [2.05, 4.69) is 41.6 Å². The highest BCUT2D eigenvalue weighted by molar-refractivity contribution is 9.10. The quantitative estimate of drug-likeness (QED) is 0.907. The van der Waals surface area contributed by atoms with Crippen LogP contribution in [0, 0.1) is 6.92 Å². The molecule has 6 nitrogen and oxygen atoms in total. The van der Waals surface area contributed by atoms with Crippen LogP contribution in [0.5, 0.6) is 0 Å². The maximum absolute atomic E-state index is 4.32. The lowest BCUT2D eigenvalue weighted by atomic mass is 10.4. The van der Waals surface area contributed by atoms with Gasteiger partial charge in [-0.15, -0.1) is 0 Å². The number of hydrogen-bond acceptors (Lipinski definition) is 5. The standard InChI is InChI=1S/C10H13BrN6/c1-6-8(5-17(3)16-6)14-9-7(11)4-13-10(12-2)15-9/h4-5H,1-3H3,(H2,12,13,14,15). The van der Waals surface area contributed by atoms with Gasteiger partial charge in [-0.2, -0.15) is 10.1 Å². The van der Waals surface area contributed by atoms with Crippen LogP contribution in [0.4, 0.5) is 17.5 Å². The van der Waals surface area contributed by atoms with Crippen LogP contribution in [0.15, 0.2) is 16.9 Å². The first-order chi connectivity index (χ1) is 8.10. The molecule has 2 aromatic heterocycles. The molecule has 7 heteroatoms. The lowest BCUT2D eigenvalue weighted by molar-refractivity contribution is 0.756. The topological polar surface area (TPSA) is 67.7 Å². The summed E-state index contributed by atoms with van der Waals surface area (Å²) in [4.78, 5) is 8.42. The van der Waals surface area contributed by atoms with Crippen LogP contribution in [0.2, 0.25) is 0 Å². The van der Waals surface area contributed by atoms with Crippen molar-refractivity contribution in [2.24, 2.45) is 7.05 Å². The van der Waals surface area contributed by atoms with Gasteiger partial charge in [-0.3, -0.25) is 4.68 Å². The van der Waals surface area contributed by atoms with Crippen LogP contribution in [-0.2, 0) is 7.05 Å². The number of nitrogens with one attached hydrogen (secondary N) is 2. The smallest absolute Gasteiger partial charge is 0.224 e. The molecule has 2 N–H and O–H groups in total. The maximum atomic E-state index is 4.32. The molecule has 0 fully saturated rings. The molecule has 0 saturated carbocycles. The van der Waals surface area contributed by atoms with Gasteiger partial charge in [0, 0.05) is 26.5 Å². The van der Waals surface area contributed by atoms with E-state index in [1.165, 1.54) is 0 Å². The molecular weight excluding hydrogens is 284 g/mol. The van der Waals surface area contributed by atoms with E-state index in [1.54, 1.807) is 17.9 Å². The second-order valence-electron chi connectivity index (χ2n) is 3.57. The summed E-state index contributed by atoms with van der Waals surface area (Å²) in [6.45, 7) is 1.94. The SMILES string of the molecule is CNc1ncc(Br)c(Nc2cn(C)nc2C)n1. The summed E-state index contributed by atoms with van der Waals surface area (Å²) >= 11 is 3.41. The van der Waals surface area contributed by atoms with Gasteiger partial charge >= 0.3 is 0 Å². The predicted molar refractivity (Wildman–Crippen MR) is 70.5 cm³/mol. The summed E-state index contributed by atoms with van der Waals surface area (Å²) < 4.78 is 2.56. The van der Waals surface area contributed by atoms with Crippen molar-refractivity contribution in [2.75, 3.05) is 17.7 Å². The number of anilines is 3. The number of halogens is 1. The zero-order valence-corrected chi connectivity index (χ0v) is 11.4. The summed E-state index contributed by atoms with van der Waals surface area (Å²) in [5, 5.41) is 10.4. The van der Waals surface area contributed by atoms with E-state index < -0.39 is 0 Å². The van der Waals surface area contributed by atoms with Gasteiger partial charge in [0.25, 0.3) is 0 Å². The minimum atomic E-state index is 0.567. The predicted octanol–water partition coefficient (Wildman–Crippen LogP) is 2.07. The second kappa shape index (κ2) is 4.70. The van der Waals surface area contributed by atoms with Gasteiger partial charge in [-0.1, -0.05) is 0 Å². The fourth-order valence-electron chi connectivity index (χ4n) is 1.43. The van der Waals surface area contributed by atoms with Crippen molar-refractivity contribution in [3.05, 3.63) is 22.6 Å². The Kier molecular flexibility index (Phi) is 3.28. The fourth-order valence-corrected chi connectivity index (χ4v) is 1.72. The van der Waals surface area contributed by atoms with Gasteiger partial charge in [0.05, 0.1) is 15.9 Å². The fraction of sp³-hybridized carbons (Fsp3) is 0.300. The third-order valence-corrected chi connectivity index (χ3v) is 2.81. The molecule has 0 aliphatic heterocycles. The Morgan fingerprint density at radius 1 is 1.41 bits per heavy atom. The minimum absolute atomic E-state index is 0.567. The Bertz CT molecular complexity index is 536. The molecule has 0 aromatic carbocycles. The zero-order valence-electron chi connectivity index (χ0n) is 9.82. The van der Waals surface area contributed by atoms with Crippen LogP contribution in [0.25, 0.3) is 0 Å². The summed E-state index contributed by atoms with van der Waals surface area (Å²) in [7, 11) is 3.66. The first-order valence-electron chi connectivity index (χ1n) is 5.07. The molecule has 0 radical (unpaired) electrons. The van der Waals surface area contributed by atoms with E-state index in [1.807, 2.05) is 20.2 Å². The first kappa shape index (κ1) is 11.8.